The Morgan fingerprint density at radius 1 is 1.09 bits per heavy atom. The highest BCUT2D eigenvalue weighted by atomic mass is 32.2. The number of carboxylic acid groups (broad SMARTS) is 1. The first-order chi connectivity index (χ1) is 10.7. The molecule has 1 saturated carbocycles. The van der Waals surface area contributed by atoms with Gasteiger partial charge < -0.3 is 10.0 Å². The number of aliphatic carboxylic acids is 1. The van der Waals surface area contributed by atoms with Gasteiger partial charge in [0.25, 0.3) is 0 Å². The van der Waals surface area contributed by atoms with E-state index in [1.54, 1.807) is 13.8 Å². The number of sulfone groups is 1. The molecule has 1 amide bonds. The van der Waals surface area contributed by atoms with Gasteiger partial charge in [0, 0.05) is 13.1 Å². The molecule has 0 unspecified atom stereocenters. The average molecular weight is 345 g/mol. The number of nitrogens with zero attached hydrogens (tertiary/aromatic N) is 1. The van der Waals surface area contributed by atoms with Crippen LogP contribution in [0.3, 0.4) is 0 Å². The maximum absolute atomic E-state index is 13.0. The topological polar surface area (TPSA) is 91.8 Å². The van der Waals surface area contributed by atoms with Crippen LogP contribution in [-0.2, 0) is 19.4 Å². The van der Waals surface area contributed by atoms with Crippen molar-refractivity contribution in [2.45, 2.75) is 62.9 Å². The predicted molar refractivity (Wildman–Crippen MR) is 86.7 cm³/mol. The second kappa shape index (κ2) is 7.20. The number of hydrogen-bond acceptors (Lipinski definition) is 4. The van der Waals surface area contributed by atoms with Crippen molar-refractivity contribution < 1.29 is 23.1 Å². The molecule has 0 bridgehead atoms. The van der Waals surface area contributed by atoms with Gasteiger partial charge in [0.05, 0.1) is 11.2 Å². The smallest absolute Gasteiger partial charge is 0.308 e. The Morgan fingerprint density at radius 3 is 2.17 bits per heavy atom. The molecule has 2 atom stereocenters. The fourth-order valence-corrected chi connectivity index (χ4v) is 6.34. The molecule has 23 heavy (non-hydrogen) atoms. The SMILES string of the molecule is CC(C)[C@@H](C(=O)N1CC[C@@H](C(=O)O)C1)S(=O)(=O)C1CCCCC1. The zero-order valence-electron chi connectivity index (χ0n) is 13.9. The zero-order valence-corrected chi connectivity index (χ0v) is 14.7. The molecule has 0 aromatic carbocycles. The van der Waals surface area contributed by atoms with E-state index in [9.17, 15) is 18.0 Å². The average Bonchev–Trinajstić information content (AvgIpc) is 2.97. The van der Waals surface area contributed by atoms with Crippen molar-refractivity contribution in [1.29, 1.82) is 0 Å². The molecule has 0 aromatic rings. The van der Waals surface area contributed by atoms with Crippen molar-refractivity contribution >= 4 is 21.7 Å². The van der Waals surface area contributed by atoms with Crippen LogP contribution >= 0.6 is 0 Å². The van der Waals surface area contributed by atoms with Crippen LogP contribution in [-0.4, -0.2) is 53.9 Å². The first kappa shape index (κ1) is 18.2. The molecule has 1 aliphatic carbocycles. The second-order valence-corrected chi connectivity index (χ2v) is 9.47. The van der Waals surface area contributed by atoms with E-state index >= 15 is 0 Å². The summed E-state index contributed by atoms with van der Waals surface area (Å²) in [4.78, 5) is 25.3. The molecule has 2 fully saturated rings. The Morgan fingerprint density at radius 2 is 1.70 bits per heavy atom. The lowest BCUT2D eigenvalue weighted by Crippen LogP contribution is -2.48. The van der Waals surface area contributed by atoms with Crippen LogP contribution in [0.5, 0.6) is 0 Å². The van der Waals surface area contributed by atoms with E-state index in [-0.39, 0.29) is 12.5 Å². The van der Waals surface area contributed by atoms with Gasteiger partial charge in [0.15, 0.2) is 9.84 Å². The van der Waals surface area contributed by atoms with Gasteiger partial charge in [-0.3, -0.25) is 9.59 Å². The minimum absolute atomic E-state index is 0.123. The molecule has 0 spiro atoms. The second-order valence-electron chi connectivity index (χ2n) is 7.12. The fraction of sp³-hybridized carbons (Fsp3) is 0.875. The maximum atomic E-state index is 13.0. The molecule has 132 valence electrons. The van der Waals surface area contributed by atoms with E-state index in [1.807, 2.05) is 0 Å². The summed E-state index contributed by atoms with van der Waals surface area (Å²) < 4.78 is 26.0. The number of carboxylic acids is 1. The lowest BCUT2D eigenvalue weighted by atomic mass is 10.0. The first-order valence-electron chi connectivity index (χ1n) is 8.49. The van der Waals surface area contributed by atoms with E-state index in [2.05, 4.69) is 0 Å². The summed E-state index contributed by atoms with van der Waals surface area (Å²) in [5.74, 6) is -2.21. The lowest BCUT2D eigenvalue weighted by Gasteiger charge is -2.31. The largest absolute Gasteiger partial charge is 0.481 e. The zero-order chi connectivity index (χ0) is 17.2. The van der Waals surface area contributed by atoms with Crippen molar-refractivity contribution in [3.05, 3.63) is 0 Å². The van der Waals surface area contributed by atoms with Gasteiger partial charge in [-0.15, -0.1) is 0 Å². The standard InChI is InChI=1S/C16H27NO5S/c1-11(2)14(23(21,22)13-6-4-3-5-7-13)15(18)17-9-8-12(10-17)16(19)20/h11-14H,3-10H2,1-2H3,(H,19,20)/t12-,14+/m1/s1. The Bertz CT molecular complexity index is 551. The summed E-state index contributed by atoms with van der Waals surface area (Å²) in [6.45, 7) is 3.97. The number of amides is 1. The Labute approximate surface area is 138 Å². The first-order valence-corrected chi connectivity index (χ1v) is 10.1. The number of hydrogen-bond donors (Lipinski definition) is 1. The number of likely N-dealkylation sites (tertiary alicyclic amines) is 1. The van der Waals surface area contributed by atoms with E-state index in [0.717, 1.165) is 19.3 Å². The highest BCUT2D eigenvalue weighted by Crippen LogP contribution is 2.30. The number of rotatable bonds is 5. The molecule has 1 heterocycles. The third-order valence-corrected chi connectivity index (χ3v) is 7.92. The number of carbonyl (C=O) groups is 2. The van der Waals surface area contributed by atoms with Crippen LogP contribution in [0.15, 0.2) is 0 Å². The molecule has 7 heteroatoms. The van der Waals surface area contributed by atoms with Gasteiger partial charge in [-0.25, -0.2) is 8.42 Å². The molecule has 6 nitrogen and oxygen atoms in total. The third kappa shape index (κ3) is 3.87. The molecule has 0 radical (unpaired) electrons. The number of carbonyl (C=O) groups excluding carboxylic acids is 1. The summed E-state index contributed by atoms with van der Waals surface area (Å²) in [5, 5.41) is 7.60. The van der Waals surface area contributed by atoms with Crippen molar-refractivity contribution in [3.63, 3.8) is 0 Å². The molecule has 1 saturated heterocycles. The predicted octanol–water partition coefficient (Wildman–Crippen LogP) is 1.69. The highest BCUT2D eigenvalue weighted by Gasteiger charge is 2.44. The van der Waals surface area contributed by atoms with Crippen LogP contribution in [0, 0.1) is 11.8 Å². The normalized spacial score (nSPS) is 24.8. The summed E-state index contributed by atoms with van der Waals surface area (Å²) in [6, 6.07) is 0. The minimum Gasteiger partial charge on any atom is -0.481 e. The van der Waals surface area contributed by atoms with Crippen LogP contribution in [0.4, 0.5) is 0 Å². The molecule has 1 N–H and O–H groups in total. The van der Waals surface area contributed by atoms with Crippen LogP contribution in [0.2, 0.25) is 0 Å². The van der Waals surface area contributed by atoms with E-state index < -0.39 is 38.1 Å². The van der Waals surface area contributed by atoms with Crippen molar-refractivity contribution in [1.82, 2.24) is 4.90 Å². The summed E-state index contributed by atoms with van der Waals surface area (Å²) in [5.41, 5.74) is 0. The van der Waals surface area contributed by atoms with Crippen LogP contribution in [0.25, 0.3) is 0 Å². The highest BCUT2D eigenvalue weighted by molar-refractivity contribution is 7.93. The summed E-state index contributed by atoms with van der Waals surface area (Å²) in [6.07, 6.45) is 4.52. The molecule has 0 aromatic heterocycles. The van der Waals surface area contributed by atoms with Gasteiger partial charge in [-0.05, 0) is 25.2 Å². The van der Waals surface area contributed by atoms with E-state index in [4.69, 9.17) is 5.11 Å². The monoisotopic (exact) mass is 345 g/mol. The summed E-state index contributed by atoms with van der Waals surface area (Å²) >= 11 is 0. The van der Waals surface area contributed by atoms with E-state index in [0.29, 0.717) is 25.8 Å². The van der Waals surface area contributed by atoms with Crippen molar-refractivity contribution in [2.75, 3.05) is 13.1 Å². The Balaban J connectivity index is 2.17. The lowest BCUT2D eigenvalue weighted by molar-refractivity contribution is -0.141. The molecule has 2 rings (SSSR count). The van der Waals surface area contributed by atoms with Gasteiger partial charge in [-0.1, -0.05) is 33.1 Å². The quantitative estimate of drug-likeness (QED) is 0.819. The van der Waals surface area contributed by atoms with E-state index in [1.165, 1.54) is 4.90 Å². The van der Waals surface area contributed by atoms with Gasteiger partial charge in [-0.2, -0.15) is 0 Å². The third-order valence-electron chi connectivity index (χ3n) is 5.07. The fourth-order valence-electron chi connectivity index (χ4n) is 3.75. The van der Waals surface area contributed by atoms with Crippen LogP contribution in [0.1, 0.15) is 52.4 Å². The summed E-state index contributed by atoms with van der Waals surface area (Å²) in [7, 11) is -3.54. The Hall–Kier alpha value is -1.11. The van der Waals surface area contributed by atoms with Gasteiger partial charge >= 0.3 is 5.97 Å². The van der Waals surface area contributed by atoms with Gasteiger partial charge in [0.2, 0.25) is 5.91 Å². The Kier molecular flexibility index (Phi) is 5.70. The maximum Gasteiger partial charge on any atom is 0.308 e. The van der Waals surface area contributed by atoms with Crippen molar-refractivity contribution in [2.24, 2.45) is 11.8 Å². The molecular weight excluding hydrogens is 318 g/mol. The van der Waals surface area contributed by atoms with Crippen molar-refractivity contribution in [3.8, 4) is 0 Å². The van der Waals surface area contributed by atoms with Gasteiger partial charge in [0.1, 0.15) is 5.25 Å². The van der Waals surface area contributed by atoms with Crippen LogP contribution < -0.4 is 0 Å². The molecule has 1 aliphatic heterocycles. The molecular formula is C16H27NO5S. The molecule has 2 aliphatic rings. The minimum atomic E-state index is -3.54.